The van der Waals surface area contributed by atoms with Crippen molar-refractivity contribution in [3.8, 4) is 11.1 Å². The Balaban J connectivity index is 1.46. The first kappa shape index (κ1) is 19.9. The zero-order chi connectivity index (χ0) is 21.1. The van der Waals surface area contributed by atoms with E-state index in [-0.39, 0.29) is 5.91 Å². The van der Waals surface area contributed by atoms with Gasteiger partial charge in [-0.25, -0.2) is 4.98 Å². The van der Waals surface area contributed by atoms with Crippen molar-refractivity contribution in [2.75, 3.05) is 31.1 Å². The largest absolute Gasteiger partial charge is 0.417 e. The Bertz CT molecular complexity index is 1010. The molecule has 4 rings (SSSR count). The lowest BCUT2D eigenvalue weighted by Gasteiger charge is -2.35. The van der Waals surface area contributed by atoms with Crippen LogP contribution in [0.2, 0.25) is 0 Å². The van der Waals surface area contributed by atoms with Gasteiger partial charge >= 0.3 is 6.18 Å². The molecule has 1 amide bonds. The van der Waals surface area contributed by atoms with E-state index in [1.807, 2.05) is 59.5 Å². The van der Waals surface area contributed by atoms with Crippen molar-refractivity contribution in [3.63, 3.8) is 0 Å². The number of nitrogens with zero attached hydrogens (tertiary/aromatic N) is 3. The maximum atomic E-state index is 13.2. The second kappa shape index (κ2) is 8.18. The Morgan fingerprint density at radius 3 is 2.13 bits per heavy atom. The Morgan fingerprint density at radius 1 is 0.833 bits per heavy atom. The van der Waals surface area contributed by atoms with Gasteiger partial charge in [0.25, 0.3) is 5.91 Å². The summed E-state index contributed by atoms with van der Waals surface area (Å²) in [6.07, 6.45) is -3.55. The monoisotopic (exact) mass is 411 g/mol. The van der Waals surface area contributed by atoms with Crippen LogP contribution in [0.15, 0.2) is 72.9 Å². The van der Waals surface area contributed by atoms with Crippen molar-refractivity contribution in [1.29, 1.82) is 0 Å². The molecule has 1 saturated heterocycles. The smallest absolute Gasteiger partial charge is 0.353 e. The number of aromatic nitrogens is 1. The summed E-state index contributed by atoms with van der Waals surface area (Å²) in [7, 11) is 0. The van der Waals surface area contributed by atoms with Crippen LogP contribution >= 0.6 is 0 Å². The van der Waals surface area contributed by atoms with E-state index in [1.165, 1.54) is 6.07 Å². The summed E-state index contributed by atoms with van der Waals surface area (Å²) in [5, 5.41) is 0. The molecule has 7 heteroatoms. The number of benzene rings is 2. The zero-order valence-electron chi connectivity index (χ0n) is 16.1. The third-order valence-corrected chi connectivity index (χ3v) is 5.21. The number of pyridine rings is 1. The average Bonchev–Trinajstić information content (AvgIpc) is 2.79. The van der Waals surface area contributed by atoms with Crippen LogP contribution in [-0.2, 0) is 6.18 Å². The normalized spacial score (nSPS) is 14.6. The van der Waals surface area contributed by atoms with Gasteiger partial charge in [0.05, 0.1) is 5.56 Å². The predicted molar refractivity (Wildman–Crippen MR) is 109 cm³/mol. The molecule has 1 aromatic heterocycles. The van der Waals surface area contributed by atoms with Gasteiger partial charge in [0.2, 0.25) is 0 Å². The number of carbonyl (C=O) groups is 1. The van der Waals surface area contributed by atoms with E-state index < -0.39 is 11.7 Å². The fourth-order valence-electron chi connectivity index (χ4n) is 3.59. The molecule has 1 aliphatic heterocycles. The number of hydrogen-bond acceptors (Lipinski definition) is 3. The van der Waals surface area contributed by atoms with Crippen molar-refractivity contribution in [2.45, 2.75) is 6.18 Å². The first-order valence-corrected chi connectivity index (χ1v) is 9.65. The van der Waals surface area contributed by atoms with E-state index in [2.05, 4.69) is 4.98 Å². The highest BCUT2D eigenvalue weighted by molar-refractivity contribution is 6.01. The highest BCUT2D eigenvalue weighted by atomic mass is 19.4. The van der Waals surface area contributed by atoms with Crippen LogP contribution in [-0.4, -0.2) is 42.0 Å². The van der Waals surface area contributed by atoms with Gasteiger partial charge in [-0.05, 0) is 29.3 Å². The van der Waals surface area contributed by atoms with Gasteiger partial charge in [-0.3, -0.25) is 4.79 Å². The van der Waals surface area contributed by atoms with Gasteiger partial charge in [-0.1, -0.05) is 48.5 Å². The molecule has 0 aliphatic carbocycles. The topological polar surface area (TPSA) is 36.4 Å². The Hall–Kier alpha value is -3.35. The van der Waals surface area contributed by atoms with Crippen LogP contribution in [0, 0.1) is 0 Å². The molecule has 0 atom stereocenters. The van der Waals surface area contributed by atoms with Crippen LogP contribution in [0.1, 0.15) is 15.9 Å². The number of piperazine rings is 1. The minimum Gasteiger partial charge on any atom is -0.353 e. The second-order valence-corrected chi connectivity index (χ2v) is 7.09. The Kier molecular flexibility index (Phi) is 5.44. The van der Waals surface area contributed by atoms with Crippen molar-refractivity contribution in [2.24, 2.45) is 0 Å². The number of carbonyl (C=O) groups excluding carboxylic acids is 1. The highest BCUT2D eigenvalue weighted by Crippen LogP contribution is 2.30. The highest BCUT2D eigenvalue weighted by Gasteiger charge is 2.31. The van der Waals surface area contributed by atoms with Gasteiger partial charge in [0, 0.05) is 37.9 Å². The summed E-state index contributed by atoms with van der Waals surface area (Å²) in [4.78, 5) is 20.8. The first-order chi connectivity index (χ1) is 14.4. The first-order valence-electron chi connectivity index (χ1n) is 9.65. The molecule has 0 bridgehead atoms. The van der Waals surface area contributed by atoms with E-state index in [1.54, 1.807) is 4.90 Å². The third-order valence-electron chi connectivity index (χ3n) is 5.21. The number of hydrogen-bond donors (Lipinski definition) is 0. The summed E-state index contributed by atoms with van der Waals surface area (Å²) in [5.41, 5.74) is 1.74. The maximum absolute atomic E-state index is 13.2. The van der Waals surface area contributed by atoms with Crippen molar-refractivity contribution in [1.82, 2.24) is 9.88 Å². The molecule has 0 unspecified atom stereocenters. The minimum absolute atomic E-state index is 0.0468. The van der Waals surface area contributed by atoms with Crippen molar-refractivity contribution >= 4 is 11.7 Å². The summed E-state index contributed by atoms with van der Waals surface area (Å²) in [6, 6.07) is 19.7. The summed E-state index contributed by atoms with van der Waals surface area (Å²) >= 11 is 0. The third kappa shape index (κ3) is 4.15. The van der Waals surface area contributed by atoms with Gasteiger partial charge in [0.1, 0.15) is 5.82 Å². The average molecular weight is 411 g/mol. The van der Waals surface area contributed by atoms with Crippen molar-refractivity contribution in [3.05, 3.63) is 84.1 Å². The number of halogens is 3. The van der Waals surface area contributed by atoms with Crippen molar-refractivity contribution < 1.29 is 18.0 Å². The van der Waals surface area contributed by atoms with E-state index in [0.717, 1.165) is 23.4 Å². The molecule has 1 fully saturated rings. The summed E-state index contributed by atoms with van der Waals surface area (Å²) in [5.74, 6) is 0.439. The molecule has 0 saturated carbocycles. The lowest BCUT2D eigenvalue weighted by Crippen LogP contribution is -2.49. The molecule has 2 aromatic carbocycles. The van der Waals surface area contributed by atoms with Gasteiger partial charge in [0.15, 0.2) is 0 Å². The van der Waals surface area contributed by atoms with Gasteiger partial charge in [-0.2, -0.15) is 13.2 Å². The Morgan fingerprint density at radius 2 is 1.50 bits per heavy atom. The molecule has 30 heavy (non-hydrogen) atoms. The maximum Gasteiger partial charge on any atom is 0.417 e. The van der Waals surface area contributed by atoms with Crippen LogP contribution in [0.3, 0.4) is 0 Å². The number of alkyl halides is 3. The molecule has 3 aromatic rings. The molecule has 0 spiro atoms. The van der Waals surface area contributed by atoms with Crippen LogP contribution < -0.4 is 4.90 Å². The molecule has 0 radical (unpaired) electrons. The van der Waals surface area contributed by atoms with Gasteiger partial charge in [-0.15, -0.1) is 0 Å². The molecular weight excluding hydrogens is 391 g/mol. The summed E-state index contributed by atoms with van der Waals surface area (Å²) < 4.78 is 38.2. The second-order valence-electron chi connectivity index (χ2n) is 7.09. The minimum atomic E-state index is -4.40. The zero-order valence-corrected chi connectivity index (χ0v) is 16.1. The predicted octanol–water partition coefficient (Wildman–Crippen LogP) is 4.73. The van der Waals surface area contributed by atoms with E-state index in [0.29, 0.717) is 37.6 Å². The van der Waals surface area contributed by atoms with Crippen LogP contribution in [0.4, 0.5) is 19.0 Å². The summed E-state index contributed by atoms with van der Waals surface area (Å²) in [6.45, 7) is 1.98. The number of rotatable bonds is 3. The lowest BCUT2D eigenvalue weighted by molar-refractivity contribution is -0.137. The molecule has 154 valence electrons. The number of anilines is 1. The Labute approximate surface area is 172 Å². The molecule has 4 nitrogen and oxygen atoms in total. The van der Waals surface area contributed by atoms with Gasteiger partial charge < -0.3 is 9.80 Å². The van der Waals surface area contributed by atoms with E-state index >= 15 is 0 Å². The fourth-order valence-corrected chi connectivity index (χ4v) is 3.59. The molecule has 0 N–H and O–H groups in total. The number of amides is 1. The molecule has 2 heterocycles. The van der Waals surface area contributed by atoms with E-state index in [9.17, 15) is 18.0 Å². The lowest BCUT2D eigenvalue weighted by atomic mass is 9.98. The quantitative estimate of drug-likeness (QED) is 0.625. The molecular formula is C23H20F3N3O. The standard InChI is InChI=1S/C23H20F3N3O/c24-23(25,26)18-10-11-21(27-16-18)28-12-14-29(15-13-28)22(30)20-9-5-4-8-19(20)17-6-2-1-3-7-17/h1-11,16H,12-15H2. The van der Waals surface area contributed by atoms with Crippen LogP contribution in [0.5, 0.6) is 0 Å². The fraction of sp³-hybridized carbons (Fsp3) is 0.217. The van der Waals surface area contributed by atoms with Crippen LogP contribution in [0.25, 0.3) is 11.1 Å². The molecule has 1 aliphatic rings. The SMILES string of the molecule is O=C(c1ccccc1-c1ccccc1)N1CCN(c2ccc(C(F)(F)F)cn2)CC1. The van der Waals surface area contributed by atoms with E-state index in [4.69, 9.17) is 0 Å².